The third-order valence-corrected chi connectivity index (χ3v) is 8.79. The van der Waals surface area contributed by atoms with E-state index in [-0.39, 0.29) is 11.4 Å². The van der Waals surface area contributed by atoms with E-state index in [0.717, 1.165) is 71.4 Å². The Morgan fingerprint density at radius 2 is 1.77 bits per heavy atom. The van der Waals surface area contributed by atoms with Gasteiger partial charge >= 0.3 is 6.03 Å². The first-order valence-electron chi connectivity index (χ1n) is 16.3. The van der Waals surface area contributed by atoms with Crippen LogP contribution in [0.4, 0.5) is 16.2 Å². The smallest absolute Gasteiger partial charge is 0.323 e. The number of nitrogens with zero attached hydrogens (tertiary/aromatic N) is 4. The Balaban J connectivity index is 1.42. The van der Waals surface area contributed by atoms with Gasteiger partial charge in [0.15, 0.2) is 0 Å². The lowest BCUT2D eigenvalue weighted by Gasteiger charge is -2.26. The average molecular weight is 639 g/mol. The summed E-state index contributed by atoms with van der Waals surface area (Å²) in [5.74, 6) is 2.12. The Hall–Kier alpha value is -4.18. The molecule has 1 saturated heterocycles. The minimum atomic E-state index is -0.335. The van der Waals surface area contributed by atoms with E-state index in [4.69, 9.17) is 9.47 Å². The van der Waals surface area contributed by atoms with Crippen LogP contribution >= 0.6 is 0 Å². The molecule has 9 nitrogen and oxygen atoms in total. The van der Waals surface area contributed by atoms with Gasteiger partial charge in [0.2, 0.25) is 0 Å². The third-order valence-electron chi connectivity index (χ3n) is 8.79. The normalized spacial score (nSPS) is 15.4. The van der Waals surface area contributed by atoms with Crippen LogP contribution in [0.5, 0.6) is 17.2 Å². The van der Waals surface area contributed by atoms with Crippen LogP contribution in [-0.4, -0.2) is 80.1 Å². The highest BCUT2D eigenvalue weighted by molar-refractivity contribution is 6.09. The van der Waals surface area contributed by atoms with Gasteiger partial charge in [0, 0.05) is 60.8 Å². The van der Waals surface area contributed by atoms with Crippen molar-refractivity contribution in [3.8, 4) is 17.2 Å². The highest BCUT2D eigenvalue weighted by Gasteiger charge is 2.27. The fraction of sp³-hybridized carbons (Fsp3) is 0.421. The van der Waals surface area contributed by atoms with Crippen LogP contribution in [0.25, 0.3) is 10.8 Å². The monoisotopic (exact) mass is 638 g/mol. The zero-order chi connectivity index (χ0) is 33.9. The van der Waals surface area contributed by atoms with Crippen LogP contribution in [0.3, 0.4) is 0 Å². The molecule has 0 bridgehead atoms. The standard InChI is InChI=1S/C38H50N6O3/c1-25-18-34(47-30-14-16-39-28(21-30)23-42(5)6)31-12-10-11-13-32(31)35(25)41-37(45)40-33-20-27(38(2,3)4)19-26(36(33)46-9)22-44-17-15-29(24-44)43(7)8/h10-14,16,18-21,29H,15,17,22-24H2,1-9H3,(H2,40,41,45). The van der Waals surface area contributed by atoms with Gasteiger partial charge in [-0.15, -0.1) is 0 Å². The van der Waals surface area contributed by atoms with E-state index in [9.17, 15) is 4.79 Å². The molecule has 2 N–H and O–H groups in total. The van der Waals surface area contributed by atoms with Crippen LogP contribution in [-0.2, 0) is 18.5 Å². The van der Waals surface area contributed by atoms with Crippen molar-refractivity contribution in [1.82, 2.24) is 19.7 Å². The number of likely N-dealkylation sites (N-methyl/N-ethyl adjacent to an activating group) is 1. The molecule has 0 spiro atoms. The van der Waals surface area contributed by atoms with Gasteiger partial charge in [-0.3, -0.25) is 9.88 Å². The Labute approximate surface area is 279 Å². The van der Waals surface area contributed by atoms with Crippen LogP contribution in [0.2, 0.25) is 0 Å². The van der Waals surface area contributed by atoms with E-state index in [1.165, 1.54) is 0 Å². The number of likely N-dealkylation sites (tertiary alicyclic amines) is 1. The summed E-state index contributed by atoms with van der Waals surface area (Å²) in [5.41, 5.74) is 5.29. The Morgan fingerprint density at radius 3 is 2.43 bits per heavy atom. The van der Waals surface area contributed by atoms with Crippen molar-refractivity contribution in [2.45, 2.75) is 58.7 Å². The van der Waals surface area contributed by atoms with Crippen molar-refractivity contribution in [3.05, 3.63) is 83.2 Å². The first-order chi connectivity index (χ1) is 22.3. The molecule has 1 aliphatic heterocycles. The maximum Gasteiger partial charge on any atom is 0.323 e. The number of benzene rings is 3. The molecule has 5 rings (SSSR count). The van der Waals surface area contributed by atoms with Gasteiger partial charge in [0.1, 0.15) is 17.2 Å². The number of aromatic nitrogens is 1. The lowest BCUT2D eigenvalue weighted by Crippen LogP contribution is -2.31. The molecule has 0 saturated carbocycles. The molecule has 1 unspecified atom stereocenters. The maximum absolute atomic E-state index is 13.7. The van der Waals surface area contributed by atoms with E-state index in [1.54, 1.807) is 13.3 Å². The Morgan fingerprint density at radius 1 is 1.02 bits per heavy atom. The van der Waals surface area contributed by atoms with Crippen LogP contribution in [0.1, 0.15) is 49.6 Å². The van der Waals surface area contributed by atoms with Crippen molar-refractivity contribution >= 4 is 28.2 Å². The van der Waals surface area contributed by atoms with Gasteiger partial charge in [-0.1, -0.05) is 51.1 Å². The highest BCUT2D eigenvalue weighted by atomic mass is 16.5. The lowest BCUT2D eigenvalue weighted by molar-refractivity contribution is 0.261. The summed E-state index contributed by atoms with van der Waals surface area (Å²) >= 11 is 0. The second kappa shape index (κ2) is 14.3. The summed E-state index contributed by atoms with van der Waals surface area (Å²) < 4.78 is 12.4. The molecule has 250 valence electrons. The predicted molar refractivity (Wildman–Crippen MR) is 192 cm³/mol. The summed E-state index contributed by atoms with van der Waals surface area (Å²) in [6, 6.07) is 18.2. The maximum atomic E-state index is 13.7. The molecular weight excluding hydrogens is 588 g/mol. The molecule has 0 aliphatic carbocycles. The van der Waals surface area contributed by atoms with Gasteiger partial charge in [-0.05, 0) is 76.3 Å². The van der Waals surface area contributed by atoms with E-state index >= 15 is 0 Å². The first-order valence-corrected chi connectivity index (χ1v) is 16.3. The molecular formula is C38H50N6O3. The zero-order valence-corrected chi connectivity index (χ0v) is 29.4. The van der Waals surface area contributed by atoms with E-state index in [0.29, 0.717) is 29.0 Å². The van der Waals surface area contributed by atoms with Crippen molar-refractivity contribution in [2.75, 3.05) is 59.0 Å². The molecule has 3 aromatic carbocycles. The van der Waals surface area contributed by atoms with Crippen LogP contribution < -0.4 is 20.1 Å². The second-order valence-corrected chi connectivity index (χ2v) is 14.1. The number of amides is 2. The lowest BCUT2D eigenvalue weighted by atomic mass is 9.85. The number of fused-ring (bicyclic) bond motifs is 1. The number of urea groups is 1. The van der Waals surface area contributed by atoms with E-state index in [2.05, 4.69) is 71.3 Å². The molecule has 1 aliphatic rings. The molecule has 2 heterocycles. The minimum Gasteiger partial charge on any atom is -0.494 e. The molecule has 9 heteroatoms. The fourth-order valence-electron chi connectivity index (χ4n) is 6.24. The number of hydrogen-bond donors (Lipinski definition) is 2. The third kappa shape index (κ3) is 8.22. The highest BCUT2D eigenvalue weighted by Crippen LogP contribution is 2.39. The topological polar surface area (TPSA) is 82.2 Å². The molecule has 1 aromatic heterocycles. The number of pyridine rings is 1. The summed E-state index contributed by atoms with van der Waals surface area (Å²) in [7, 11) is 9.99. The second-order valence-electron chi connectivity index (χ2n) is 14.1. The number of ether oxygens (including phenoxy) is 2. The SMILES string of the molecule is COc1c(CN2CCC(N(C)C)C2)cc(C(C)(C)C)cc1NC(=O)Nc1c(C)cc(Oc2ccnc(CN(C)C)c2)c2ccccc12. The summed E-state index contributed by atoms with van der Waals surface area (Å²) in [4.78, 5) is 25.0. The minimum absolute atomic E-state index is 0.115. The van der Waals surface area contributed by atoms with Gasteiger partial charge in [0.05, 0.1) is 24.2 Å². The van der Waals surface area contributed by atoms with Crippen molar-refractivity contribution < 1.29 is 14.3 Å². The molecule has 1 fully saturated rings. The summed E-state index contributed by atoms with van der Waals surface area (Å²) in [6.07, 6.45) is 2.91. The van der Waals surface area contributed by atoms with E-state index < -0.39 is 0 Å². The number of carbonyl (C=O) groups excluding carboxylic acids is 1. The summed E-state index contributed by atoms with van der Waals surface area (Å²) in [6.45, 7) is 12.1. The number of carbonyl (C=O) groups is 1. The largest absolute Gasteiger partial charge is 0.494 e. The number of nitrogens with one attached hydrogen (secondary N) is 2. The zero-order valence-electron chi connectivity index (χ0n) is 29.4. The number of rotatable bonds is 10. The van der Waals surface area contributed by atoms with E-state index in [1.807, 2.05) is 69.6 Å². The van der Waals surface area contributed by atoms with Crippen molar-refractivity contribution in [2.24, 2.45) is 0 Å². The molecule has 0 radical (unpaired) electrons. The molecule has 47 heavy (non-hydrogen) atoms. The number of methoxy groups -OCH3 is 1. The molecule has 1 atom stereocenters. The Kier molecular flexibility index (Phi) is 10.4. The predicted octanol–water partition coefficient (Wildman–Crippen LogP) is 7.48. The van der Waals surface area contributed by atoms with Crippen LogP contribution in [0, 0.1) is 6.92 Å². The fourth-order valence-corrected chi connectivity index (χ4v) is 6.24. The average Bonchev–Trinajstić information content (AvgIpc) is 3.47. The number of hydrogen-bond acceptors (Lipinski definition) is 7. The number of anilines is 2. The summed E-state index contributed by atoms with van der Waals surface area (Å²) in [5, 5.41) is 8.08. The molecule has 2 amide bonds. The Bertz CT molecular complexity index is 1730. The quantitative estimate of drug-likeness (QED) is 0.186. The van der Waals surface area contributed by atoms with Gasteiger partial charge < -0.3 is 29.9 Å². The number of aryl methyl sites for hydroxylation is 1. The first kappa shape index (κ1) is 34.2. The van der Waals surface area contributed by atoms with Gasteiger partial charge in [-0.25, -0.2) is 4.79 Å². The van der Waals surface area contributed by atoms with Crippen molar-refractivity contribution in [1.29, 1.82) is 0 Å². The molecule has 4 aromatic rings. The van der Waals surface area contributed by atoms with Crippen LogP contribution in [0.15, 0.2) is 60.8 Å². The van der Waals surface area contributed by atoms with Gasteiger partial charge in [-0.2, -0.15) is 0 Å². The van der Waals surface area contributed by atoms with Gasteiger partial charge in [0.25, 0.3) is 0 Å². The van der Waals surface area contributed by atoms with Crippen molar-refractivity contribution in [3.63, 3.8) is 0 Å².